The lowest BCUT2D eigenvalue weighted by Crippen LogP contribution is -2.29. The largest absolute Gasteiger partial charge is 0.388 e. The zero-order valence-corrected chi connectivity index (χ0v) is 13.9. The number of ketones is 2. The van der Waals surface area contributed by atoms with Gasteiger partial charge in [0.15, 0.2) is 0 Å². The van der Waals surface area contributed by atoms with Crippen LogP contribution in [0.3, 0.4) is 0 Å². The molecule has 2 aromatic rings. The molecule has 0 aromatic heterocycles. The molecule has 1 heterocycles. The van der Waals surface area contributed by atoms with Crippen LogP contribution in [0.4, 0.5) is 11.4 Å². The first-order valence-electron chi connectivity index (χ1n) is 8.41. The van der Waals surface area contributed by atoms with Crippen LogP contribution >= 0.6 is 0 Å². The number of carbonyl (C=O) groups is 2. The van der Waals surface area contributed by atoms with Crippen LogP contribution in [0.5, 0.6) is 0 Å². The van der Waals surface area contributed by atoms with Crippen molar-refractivity contribution in [3.05, 3.63) is 59.7 Å². The molecule has 4 heteroatoms. The van der Waals surface area contributed by atoms with E-state index >= 15 is 0 Å². The average molecular weight is 322 g/mol. The number of carbonyl (C=O) groups excluding carboxylic acids is 2. The van der Waals surface area contributed by atoms with E-state index in [9.17, 15) is 9.59 Å². The minimum absolute atomic E-state index is 0.416. The third-order valence-corrected chi connectivity index (χ3v) is 4.49. The summed E-state index contributed by atoms with van der Waals surface area (Å²) in [6.45, 7) is 2.12. The van der Waals surface area contributed by atoms with E-state index < -0.39 is 11.6 Å². The van der Waals surface area contributed by atoms with Crippen molar-refractivity contribution in [2.45, 2.75) is 19.3 Å². The summed E-state index contributed by atoms with van der Waals surface area (Å²) >= 11 is 0. The van der Waals surface area contributed by atoms with Crippen molar-refractivity contribution in [2.24, 2.45) is 0 Å². The molecule has 2 aromatic carbocycles. The van der Waals surface area contributed by atoms with Crippen LogP contribution in [0, 0.1) is 0 Å². The lowest BCUT2D eigenvalue weighted by molar-refractivity contribution is 0.0817. The number of hydrogen-bond acceptors (Lipinski definition) is 4. The molecule has 0 bridgehead atoms. The molecule has 1 aliphatic rings. The Morgan fingerprint density at radius 2 is 1.29 bits per heavy atom. The van der Waals surface area contributed by atoms with E-state index in [-0.39, 0.29) is 0 Å². The van der Waals surface area contributed by atoms with Gasteiger partial charge in [-0.3, -0.25) is 9.59 Å². The molecule has 1 aliphatic heterocycles. The van der Waals surface area contributed by atoms with Gasteiger partial charge in [0.25, 0.3) is 0 Å². The highest BCUT2D eigenvalue weighted by atomic mass is 16.2. The molecule has 4 nitrogen and oxygen atoms in total. The molecule has 0 radical (unpaired) electrons. The molecule has 0 atom stereocenters. The van der Waals surface area contributed by atoms with Gasteiger partial charge in [-0.15, -0.1) is 0 Å². The van der Waals surface area contributed by atoms with Crippen molar-refractivity contribution in [3.63, 3.8) is 0 Å². The van der Waals surface area contributed by atoms with Gasteiger partial charge in [0.2, 0.25) is 11.6 Å². The Bertz CT molecular complexity index is 714. The van der Waals surface area contributed by atoms with Gasteiger partial charge in [0.1, 0.15) is 0 Å². The topological polar surface area (TPSA) is 49.4 Å². The summed E-state index contributed by atoms with van der Waals surface area (Å²) in [5.74, 6) is -0.930. The van der Waals surface area contributed by atoms with Crippen LogP contribution in [0.2, 0.25) is 0 Å². The number of anilines is 2. The third kappa shape index (κ3) is 3.48. The Kier molecular flexibility index (Phi) is 4.94. The normalized spacial score (nSPS) is 14.3. The number of nitrogens with zero attached hydrogens (tertiary/aromatic N) is 1. The van der Waals surface area contributed by atoms with E-state index in [2.05, 4.69) is 10.2 Å². The van der Waals surface area contributed by atoms with E-state index in [1.165, 1.54) is 19.3 Å². The molecule has 24 heavy (non-hydrogen) atoms. The molecular weight excluding hydrogens is 300 g/mol. The van der Waals surface area contributed by atoms with Crippen molar-refractivity contribution in [2.75, 3.05) is 30.4 Å². The predicted octanol–water partition coefficient (Wildman–Crippen LogP) is 3.78. The zero-order chi connectivity index (χ0) is 16.9. The van der Waals surface area contributed by atoms with Crippen molar-refractivity contribution >= 4 is 22.9 Å². The molecule has 1 N–H and O–H groups in total. The summed E-state index contributed by atoms with van der Waals surface area (Å²) in [7, 11) is 1.81. The number of rotatable bonds is 5. The first-order valence-corrected chi connectivity index (χ1v) is 8.41. The van der Waals surface area contributed by atoms with Crippen LogP contribution in [0.1, 0.15) is 40.0 Å². The minimum Gasteiger partial charge on any atom is -0.388 e. The molecule has 3 rings (SSSR count). The van der Waals surface area contributed by atoms with E-state index in [1.807, 2.05) is 19.2 Å². The maximum absolute atomic E-state index is 12.4. The minimum atomic E-state index is -0.469. The fraction of sp³-hybridized carbons (Fsp3) is 0.300. The second-order valence-corrected chi connectivity index (χ2v) is 6.08. The number of Topliss-reactive ketones (excluding diaryl/α,β-unsaturated/α-hetero) is 2. The van der Waals surface area contributed by atoms with Gasteiger partial charge >= 0.3 is 0 Å². The second kappa shape index (κ2) is 7.30. The molecule has 0 amide bonds. The molecule has 124 valence electrons. The Morgan fingerprint density at radius 1 is 0.792 bits per heavy atom. The van der Waals surface area contributed by atoms with Crippen molar-refractivity contribution in [1.82, 2.24) is 0 Å². The van der Waals surface area contributed by atoms with E-state index in [4.69, 9.17) is 0 Å². The van der Waals surface area contributed by atoms with Gasteiger partial charge in [-0.2, -0.15) is 0 Å². The fourth-order valence-electron chi connectivity index (χ4n) is 3.03. The number of nitrogens with one attached hydrogen (secondary N) is 1. The van der Waals surface area contributed by atoms with Gasteiger partial charge in [-0.1, -0.05) is 0 Å². The molecule has 0 unspecified atom stereocenters. The highest BCUT2D eigenvalue weighted by molar-refractivity contribution is 6.49. The van der Waals surface area contributed by atoms with Crippen molar-refractivity contribution in [1.29, 1.82) is 0 Å². The average Bonchev–Trinajstić information content (AvgIpc) is 2.68. The summed E-state index contributed by atoms with van der Waals surface area (Å²) < 4.78 is 0. The SMILES string of the molecule is CNc1ccc(C(=O)C(=O)c2ccc(N3CCCCC3)cc2)cc1. The van der Waals surface area contributed by atoms with Gasteiger partial charge < -0.3 is 10.2 Å². The van der Waals surface area contributed by atoms with Gasteiger partial charge in [-0.25, -0.2) is 0 Å². The molecule has 0 spiro atoms. The summed E-state index contributed by atoms with van der Waals surface area (Å²) in [5, 5.41) is 2.99. The lowest BCUT2D eigenvalue weighted by atomic mass is 10.0. The molecule has 0 aliphatic carbocycles. The zero-order valence-electron chi connectivity index (χ0n) is 13.9. The lowest BCUT2D eigenvalue weighted by Gasteiger charge is -2.28. The predicted molar refractivity (Wildman–Crippen MR) is 97.2 cm³/mol. The standard InChI is InChI=1S/C20H22N2O2/c1-21-17-9-5-15(6-10-17)19(23)20(24)16-7-11-18(12-8-16)22-13-3-2-4-14-22/h5-12,21H,2-4,13-14H2,1H3. The molecule has 0 saturated carbocycles. The third-order valence-electron chi connectivity index (χ3n) is 4.49. The Labute approximate surface area is 142 Å². The van der Waals surface area contributed by atoms with Crippen LogP contribution in [0.25, 0.3) is 0 Å². The van der Waals surface area contributed by atoms with Crippen molar-refractivity contribution < 1.29 is 9.59 Å². The van der Waals surface area contributed by atoms with Gasteiger partial charge in [0.05, 0.1) is 0 Å². The second-order valence-electron chi connectivity index (χ2n) is 6.08. The number of benzene rings is 2. The number of piperidine rings is 1. The molecular formula is C20H22N2O2. The summed E-state index contributed by atoms with van der Waals surface area (Å²) in [6, 6.07) is 14.3. The number of hydrogen-bond donors (Lipinski definition) is 1. The quantitative estimate of drug-likeness (QED) is 0.672. The van der Waals surface area contributed by atoms with Crippen LogP contribution in [0.15, 0.2) is 48.5 Å². The smallest absolute Gasteiger partial charge is 0.233 e. The Balaban J connectivity index is 1.72. The molecule has 1 fully saturated rings. The fourth-order valence-corrected chi connectivity index (χ4v) is 3.03. The monoisotopic (exact) mass is 322 g/mol. The first kappa shape index (κ1) is 16.2. The van der Waals surface area contributed by atoms with E-state index in [0.717, 1.165) is 24.5 Å². The highest BCUT2D eigenvalue weighted by Gasteiger charge is 2.19. The van der Waals surface area contributed by atoms with Crippen molar-refractivity contribution in [3.8, 4) is 0 Å². The Morgan fingerprint density at radius 3 is 1.79 bits per heavy atom. The van der Waals surface area contributed by atoms with Crippen LogP contribution in [-0.4, -0.2) is 31.7 Å². The van der Waals surface area contributed by atoms with Gasteiger partial charge in [-0.05, 0) is 67.8 Å². The summed E-state index contributed by atoms with van der Waals surface area (Å²) in [4.78, 5) is 27.1. The van der Waals surface area contributed by atoms with Crippen LogP contribution < -0.4 is 10.2 Å². The first-order chi connectivity index (χ1) is 11.7. The highest BCUT2D eigenvalue weighted by Crippen LogP contribution is 2.21. The van der Waals surface area contributed by atoms with E-state index in [0.29, 0.717) is 11.1 Å². The Hall–Kier alpha value is -2.62. The summed E-state index contributed by atoms with van der Waals surface area (Å²) in [5.41, 5.74) is 2.89. The molecule has 1 saturated heterocycles. The van der Waals surface area contributed by atoms with Gasteiger partial charge in [0, 0.05) is 42.6 Å². The van der Waals surface area contributed by atoms with E-state index in [1.54, 1.807) is 36.4 Å². The maximum atomic E-state index is 12.4. The maximum Gasteiger partial charge on any atom is 0.233 e. The summed E-state index contributed by atoms with van der Waals surface area (Å²) in [6.07, 6.45) is 3.71. The van der Waals surface area contributed by atoms with Crippen LogP contribution in [-0.2, 0) is 0 Å².